The molecule has 0 amide bonds. The molecule has 0 saturated carbocycles. The SMILES string of the molecule is CC(NC(=S)Nc1ccc(Cl)cc1)c1nc2ccccc2[nH]1. The van der Waals surface area contributed by atoms with E-state index in [4.69, 9.17) is 23.8 Å². The fourth-order valence-corrected chi connectivity index (χ4v) is 2.56. The number of nitrogens with one attached hydrogen (secondary N) is 3. The molecule has 3 N–H and O–H groups in total. The van der Waals surface area contributed by atoms with Gasteiger partial charge >= 0.3 is 0 Å². The summed E-state index contributed by atoms with van der Waals surface area (Å²) in [7, 11) is 0. The highest BCUT2D eigenvalue weighted by atomic mass is 35.5. The van der Waals surface area contributed by atoms with Crippen LogP contribution >= 0.6 is 23.8 Å². The molecule has 0 saturated heterocycles. The molecule has 1 atom stereocenters. The number of imidazole rings is 1. The lowest BCUT2D eigenvalue weighted by Crippen LogP contribution is -2.31. The number of aromatic amines is 1. The molecule has 0 aliphatic heterocycles. The predicted molar refractivity (Wildman–Crippen MR) is 95.3 cm³/mol. The van der Waals surface area contributed by atoms with E-state index >= 15 is 0 Å². The summed E-state index contributed by atoms with van der Waals surface area (Å²) >= 11 is 11.2. The van der Waals surface area contributed by atoms with E-state index < -0.39 is 0 Å². The van der Waals surface area contributed by atoms with E-state index in [1.165, 1.54) is 0 Å². The number of H-pyrrole nitrogens is 1. The van der Waals surface area contributed by atoms with E-state index in [0.717, 1.165) is 22.5 Å². The zero-order chi connectivity index (χ0) is 15.5. The molecule has 0 spiro atoms. The van der Waals surface area contributed by atoms with Gasteiger partial charge in [-0.3, -0.25) is 0 Å². The molecule has 0 bridgehead atoms. The number of halogens is 1. The lowest BCUT2D eigenvalue weighted by atomic mass is 10.3. The molecule has 22 heavy (non-hydrogen) atoms. The van der Waals surface area contributed by atoms with E-state index in [9.17, 15) is 0 Å². The van der Waals surface area contributed by atoms with Gasteiger partial charge in [-0.15, -0.1) is 0 Å². The lowest BCUT2D eigenvalue weighted by molar-refractivity contribution is 0.680. The Kier molecular flexibility index (Phi) is 4.27. The van der Waals surface area contributed by atoms with Crippen LogP contribution in [0.25, 0.3) is 11.0 Å². The van der Waals surface area contributed by atoms with Crippen molar-refractivity contribution in [2.24, 2.45) is 0 Å². The van der Waals surface area contributed by atoms with Crippen LogP contribution in [0.4, 0.5) is 5.69 Å². The van der Waals surface area contributed by atoms with Crippen LogP contribution in [0.2, 0.25) is 5.02 Å². The number of hydrogen-bond donors (Lipinski definition) is 3. The van der Waals surface area contributed by atoms with Crippen LogP contribution < -0.4 is 10.6 Å². The monoisotopic (exact) mass is 330 g/mol. The van der Waals surface area contributed by atoms with Crippen molar-refractivity contribution in [3.05, 3.63) is 59.4 Å². The van der Waals surface area contributed by atoms with Crippen LogP contribution in [0.1, 0.15) is 18.8 Å². The van der Waals surface area contributed by atoms with Gasteiger partial charge in [0.2, 0.25) is 0 Å². The van der Waals surface area contributed by atoms with Crippen LogP contribution in [0.5, 0.6) is 0 Å². The van der Waals surface area contributed by atoms with Gasteiger partial charge < -0.3 is 15.6 Å². The maximum atomic E-state index is 5.86. The molecule has 3 aromatic rings. The van der Waals surface area contributed by atoms with Gasteiger partial charge in [0.25, 0.3) is 0 Å². The normalized spacial score (nSPS) is 12.1. The number of rotatable bonds is 3. The average molecular weight is 331 g/mol. The number of para-hydroxylation sites is 2. The van der Waals surface area contributed by atoms with Crippen LogP contribution in [-0.2, 0) is 0 Å². The molecular weight excluding hydrogens is 316 g/mol. The molecule has 2 aromatic carbocycles. The Morgan fingerprint density at radius 2 is 1.91 bits per heavy atom. The van der Waals surface area contributed by atoms with Crippen LogP contribution in [0.15, 0.2) is 48.5 Å². The molecule has 3 rings (SSSR count). The summed E-state index contributed by atoms with van der Waals surface area (Å²) in [6, 6.07) is 15.3. The smallest absolute Gasteiger partial charge is 0.171 e. The van der Waals surface area contributed by atoms with Gasteiger partial charge in [-0.2, -0.15) is 0 Å². The summed E-state index contributed by atoms with van der Waals surface area (Å²) in [4.78, 5) is 7.85. The first-order chi connectivity index (χ1) is 10.6. The van der Waals surface area contributed by atoms with Gasteiger partial charge in [0, 0.05) is 10.7 Å². The van der Waals surface area contributed by atoms with Gasteiger partial charge in [0.1, 0.15) is 5.82 Å². The summed E-state index contributed by atoms with van der Waals surface area (Å²) in [6.45, 7) is 2.01. The van der Waals surface area contributed by atoms with Crippen molar-refractivity contribution >= 4 is 45.7 Å². The van der Waals surface area contributed by atoms with Crippen molar-refractivity contribution in [1.29, 1.82) is 0 Å². The number of fused-ring (bicyclic) bond motifs is 1. The minimum atomic E-state index is -0.0281. The molecular formula is C16H15ClN4S. The quantitative estimate of drug-likeness (QED) is 0.628. The number of thiocarbonyl (C=S) groups is 1. The van der Waals surface area contributed by atoms with Crippen molar-refractivity contribution < 1.29 is 0 Å². The molecule has 0 aliphatic carbocycles. The largest absolute Gasteiger partial charge is 0.353 e. The number of hydrogen-bond acceptors (Lipinski definition) is 2. The maximum Gasteiger partial charge on any atom is 0.171 e. The van der Waals surface area contributed by atoms with Gasteiger partial charge in [-0.05, 0) is 55.5 Å². The molecule has 6 heteroatoms. The molecule has 1 heterocycles. The second kappa shape index (κ2) is 6.34. The lowest BCUT2D eigenvalue weighted by Gasteiger charge is -2.15. The molecule has 0 radical (unpaired) electrons. The second-order valence-electron chi connectivity index (χ2n) is 4.97. The van der Waals surface area contributed by atoms with E-state index in [2.05, 4.69) is 20.6 Å². The zero-order valence-corrected chi connectivity index (χ0v) is 13.5. The third-order valence-corrected chi connectivity index (χ3v) is 3.74. The zero-order valence-electron chi connectivity index (χ0n) is 11.9. The Bertz CT molecular complexity index is 764. The van der Waals surface area contributed by atoms with Gasteiger partial charge in [0.05, 0.1) is 17.1 Å². The average Bonchev–Trinajstić information content (AvgIpc) is 2.93. The summed E-state index contributed by atoms with van der Waals surface area (Å²) in [5.74, 6) is 0.849. The Morgan fingerprint density at radius 1 is 1.18 bits per heavy atom. The van der Waals surface area contributed by atoms with Crippen LogP contribution in [0.3, 0.4) is 0 Å². The van der Waals surface area contributed by atoms with E-state index in [-0.39, 0.29) is 6.04 Å². The maximum absolute atomic E-state index is 5.86. The van der Waals surface area contributed by atoms with E-state index in [1.807, 2.05) is 55.5 Å². The van der Waals surface area contributed by atoms with Crippen LogP contribution in [-0.4, -0.2) is 15.1 Å². The standard InChI is InChI=1S/C16H15ClN4S/c1-10(15-20-13-4-2-3-5-14(13)21-15)18-16(22)19-12-8-6-11(17)7-9-12/h2-10H,1H3,(H,20,21)(H2,18,19,22). The van der Waals surface area contributed by atoms with Gasteiger partial charge in [0.15, 0.2) is 5.11 Å². The van der Waals surface area contributed by atoms with Gasteiger partial charge in [-0.1, -0.05) is 23.7 Å². The highest BCUT2D eigenvalue weighted by Crippen LogP contribution is 2.16. The van der Waals surface area contributed by atoms with Crippen molar-refractivity contribution in [2.45, 2.75) is 13.0 Å². The molecule has 112 valence electrons. The summed E-state index contributed by atoms with van der Waals surface area (Å²) in [5, 5.41) is 7.57. The summed E-state index contributed by atoms with van der Waals surface area (Å²) in [5.41, 5.74) is 2.85. The summed E-state index contributed by atoms with van der Waals surface area (Å²) < 4.78 is 0. The third kappa shape index (κ3) is 3.37. The number of benzene rings is 2. The fraction of sp³-hybridized carbons (Fsp3) is 0.125. The first kappa shape index (κ1) is 14.8. The minimum Gasteiger partial charge on any atom is -0.353 e. The van der Waals surface area contributed by atoms with Crippen molar-refractivity contribution in [2.75, 3.05) is 5.32 Å². The van der Waals surface area contributed by atoms with Crippen molar-refractivity contribution in [3.63, 3.8) is 0 Å². The Morgan fingerprint density at radius 3 is 2.64 bits per heavy atom. The van der Waals surface area contributed by atoms with Gasteiger partial charge in [-0.25, -0.2) is 4.98 Å². The minimum absolute atomic E-state index is 0.0281. The first-order valence-electron chi connectivity index (χ1n) is 6.89. The Balaban J connectivity index is 1.66. The Labute approximate surface area is 138 Å². The topological polar surface area (TPSA) is 52.7 Å². The number of aromatic nitrogens is 2. The van der Waals surface area contributed by atoms with Crippen LogP contribution in [0, 0.1) is 0 Å². The molecule has 0 fully saturated rings. The van der Waals surface area contributed by atoms with E-state index in [0.29, 0.717) is 10.1 Å². The molecule has 0 aliphatic rings. The third-order valence-electron chi connectivity index (χ3n) is 3.27. The molecule has 1 aromatic heterocycles. The summed E-state index contributed by atoms with van der Waals surface area (Å²) in [6.07, 6.45) is 0. The molecule has 4 nitrogen and oxygen atoms in total. The Hall–Kier alpha value is -2.11. The predicted octanol–water partition coefficient (Wildman–Crippen LogP) is 4.26. The number of anilines is 1. The highest BCUT2D eigenvalue weighted by molar-refractivity contribution is 7.80. The first-order valence-corrected chi connectivity index (χ1v) is 7.68. The highest BCUT2D eigenvalue weighted by Gasteiger charge is 2.11. The number of nitrogens with zero attached hydrogens (tertiary/aromatic N) is 1. The van der Waals surface area contributed by atoms with Crippen molar-refractivity contribution in [3.8, 4) is 0 Å². The fourth-order valence-electron chi connectivity index (χ4n) is 2.14. The van der Waals surface area contributed by atoms with E-state index in [1.54, 1.807) is 0 Å². The van der Waals surface area contributed by atoms with Crippen molar-refractivity contribution in [1.82, 2.24) is 15.3 Å². The second-order valence-corrected chi connectivity index (χ2v) is 5.81. The molecule has 1 unspecified atom stereocenters.